The second-order valence-corrected chi connectivity index (χ2v) is 8.96. The van der Waals surface area contributed by atoms with E-state index in [2.05, 4.69) is 53.8 Å². The van der Waals surface area contributed by atoms with Crippen LogP contribution in [0.25, 0.3) is 16.5 Å². The molecule has 1 aromatic carbocycles. The van der Waals surface area contributed by atoms with Gasteiger partial charge in [-0.2, -0.15) is 0 Å². The zero-order valence-electron chi connectivity index (χ0n) is 18.9. The lowest BCUT2D eigenvalue weighted by atomic mass is 9.73. The molecule has 0 spiro atoms. The number of allylic oxidation sites excluding steroid dienone is 1. The van der Waals surface area contributed by atoms with Crippen LogP contribution in [-0.2, 0) is 6.42 Å². The number of urea groups is 1. The number of hydrogen-bond donors (Lipinski definition) is 2. The summed E-state index contributed by atoms with van der Waals surface area (Å²) in [4.78, 5) is 20.9. The van der Waals surface area contributed by atoms with E-state index >= 15 is 0 Å². The molecule has 2 aliphatic rings. The van der Waals surface area contributed by atoms with Gasteiger partial charge in [0.15, 0.2) is 0 Å². The van der Waals surface area contributed by atoms with Crippen molar-refractivity contribution in [1.82, 2.24) is 20.1 Å². The molecule has 3 atom stereocenters. The van der Waals surface area contributed by atoms with Gasteiger partial charge in [0.2, 0.25) is 0 Å². The first-order valence-corrected chi connectivity index (χ1v) is 11.6. The Hall–Kier alpha value is -2.27. The van der Waals surface area contributed by atoms with Crippen molar-refractivity contribution in [2.24, 2.45) is 0 Å². The fourth-order valence-corrected chi connectivity index (χ4v) is 5.68. The van der Waals surface area contributed by atoms with Gasteiger partial charge in [-0.1, -0.05) is 25.6 Å². The van der Waals surface area contributed by atoms with Gasteiger partial charge in [-0.05, 0) is 69.3 Å². The van der Waals surface area contributed by atoms with Crippen molar-refractivity contribution in [2.45, 2.75) is 65.0 Å². The lowest BCUT2D eigenvalue weighted by Gasteiger charge is -2.47. The standard InChI is InChI=1S/C25H36N4O/c1-6-12-29-15-17(26-25(30)28(7-2)8-3)13-19-18-10-9-11-21-23(18)20(14-22(19)29)24(27-21)16(4)5/h9-11,17,19,22,27H,4,6-8,12-15H2,1-3,5H3,(H,26,30)/t17?,19-,22-/m1/s1. The minimum absolute atomic E-state index is 0.0702. The smallest absolute Gasteiger partial charge is 0.317 e. The lowest BCUT2D eigenvalue weighted by Crippen LogP contribution is -2.57. The first-order valence-electron chi connectivity index (χ1n) is 11.6. The number of aromatic amines is 1. The van der Waals surface area contributed by atoms with Gasteiger partial charge in [0.05, 0.1) is 0 Å². The van der Waals surface area contributed by atoms with E-state index in [9.17, 15) is 4.79 Å². The summed E-state index contributed by atoms with van der Waals surface area (Å²) in [6.07, 6.45) is 3.18. The highest BCUT2D eigenvalue weighted by Crippen LogP contribution is 2.45. The molecule has 1 aliphatic heterocycles. The number of nitrogens with one attached hydrogen (secondary N) is 2. The van der Waals surface area contributed by atoms with Gasteiger partial charge < -0.3 is 15.2 Å². The van der Waals surface area contributed by atoms with Crippen LogP contribution in [0.1, 0.15) is 63.3 Å². The summed E-state index contributed by atoms with van der Waals surface area (Å²) in [6.45, 7) is 16.1. The Morgan fingerprint density at radius 2 is 2.07 bits per heavy atom. The van der Waals surface area contributed by atoms with Crippen LogP contribution in [0.2, 0.25) is 0 Å². The number of carbonyl (C=O) groups excluding carboxylic acids is 1. The SMILES string of the molecule is C=C(C)c1[nH]c2cccc3c2c1C[C@@H]1[C@@H]3CC(NC(=O)N(CC)CC)CN1CCC. The van der Waals surface area contributed by atoms with Crippen molar-refractivity contribution < 1.29 is 4.79 Å². The molecule has 2 aromatic rings. The Morgan fingerprint density at radius 3 is 2.73 bits per heavy atom. The van der Waals surface area contributed by atoms with Crippen molar-refractivity contribution in [3.63, 3.8) is 0 Å². The lowest BCUT2D eigenvalue weighted by molar-refractivity contribution is 0.0979. The maximum Gasteiger partial charge on any atom is 0.317 e. The van der Waals surface area contributed by atoms with Gasteiger partial charge in [0.1, 0.15) is 0 Å². The molecule has 1 aliphatic carbocycles. The maximum absolute atomic E-state index is 12.7. The Labute approximate surface area is 180 Å². The van der Waals surface area contributed by atoms with Crippen LogP contribution in [0.5, 0.6) is 0 Å². The van der Waals surface area contributed by atoms with Crippen LogP contribution in [0.15, 0.2) is 24.8 Å². The number of carbonyl (C=O) groups is 1. The number of piperidine rings is 1. The predicted octanol–water partition coefficient (Wildman–Crippen LogP) is 4.75. The summed E-state index contributed by atoms with van der Waals surface area (Å²) >= 11 is 0. The highest BCUT2D eigenvalue weighted by atomic mass is 16.2. The average molecular weight is 409 g/mol. The molecule has 0 bridgehead atoms. The molecule has 2 heterocycles. The molecule has 5 nitrogen and oxygen atoms in total. The van der Waals surface area contributed by atoms with Crippen molar-refractivity contribution in [1.29, 1.82) is 0 Å². The van der Waals surface area contributed by atoms with Gasteiger partial charge in [0.25, 0.3) is 0 Å². The summed E-state index contributed by atoms with van der Waals surface area (Å²) in [5, 5.41) is 4.74. The van der Waals surface area contributed by atoms with Crippen LogP contribution in [0, 0.1) is 0 Å². The van der Waals surface area contributed by atoms with Gasteiger partial charge in [0, 0.05) is 54.2 Å². The molecule has 1 unspecified atom stereocenters. The van der Waals surface area contributed by atoms with Crippen molar-refractivity contribution >= 4 is 22.5 Å². The van der Waals surface area contributed by atoms with E-state index in [4.69, 9.17) is 0 Å². The number of amides is 2. The topological polar surface area (TPSA) is 51.4 Å². The fourth-order valence-electron chi connectivity index (χ4n) is 5.68. The molecule has 4 rings (SSSR count). The molecule has 2 N–H and O–H groups in total. The Morgan fingerprint density at radius 1 is 1.30 bits per heavy atom. The maximum atomic E-state index is 12.7. The molecule has 162 valence electrons. The molecular weight excluding hydrogens is 372 g/mol. The molecule has 5 heteroatoms. The zero-order valence-corrected chi connectivity index (χ0v) is 18.9. The van der Waals surface area contributed by atoms with Crippen LogP contribution in [0.3, 0.4) is 0 Å². The second-order valence-electron chi connectivity index (χ2n) is 8.96. The van der Waals surface area contributed by atoms with Crippen LogP contribution in [0.4, 0.5) is 4.79 Å². The average Bonchev–Trinajstić information content (AvgIpc) is 3.10. The Kier molecular flexibility index (Phi) is 5.92. The largest absolute Gasteiger partial charge is 0.355 e. The minimum Gasteiger partial charge on any atom is -0.355 e. The molecule has 1 fully saturated rings. The summed E-state index contributed by atoms with van der Waals surface area (Å²) in [5.41, 5.74) is 6.40. The first kappa shape index (κ1) is 21.0. The number of rotatable bonds is 6. The monoisotopic (exact) mass is 408 g/mol. The van der Waals surface area contributed by atoms with E-state index in [1.54, 1.807) is 0 Å². The molecule has 30 heavy (non-hydrogen) atoms. The molecule has 2 amide bonds. The van der Waals surface area contributed by atoms with Crippen LogP contribution >= 0.6 is 0 Å². The van der Waals surface area contributed by atoms with Gasteiger partial charge in [-0.25, -0.2) is 4.79 Å². The summed E-state index contributed by atoms with van der Waals surface area (Å²) in [5.74, 6) is 0.442. The number of nitrogens with zero attached hydrogens (tertiary/aromatic N) is 2. The normalized spacial score (nSPS) is 23.3. The van der Waals surface area contributed by atoms with Gasteiger partial charge >= 0.3 is 6.03 Å². The highest BCUT2D eigenvalue weighted by molar-refractivity contribution is 5.93. The van der Waals surface area contributed by atoms with Crippen LogP contribution in [-0.4, -0.2) is 59.1 Å². The van der Waals surface area contributed by atoms with E-state index in [1.807, 2.05) is 18.7 Å². The third kappa shape index (κ3) is 3.53. The van der Waals surface area contributed by atoms with E-state index in [0.717, 1.165) is 51.0 Å². The van der Waals surface area contributed by atoms with Crippen LogP contribution < -0.4 is 5.32 Å². The van der Waals surface area contributed by atoms with E-state index in [-0.39, 0.29) is 12.1 Å². The quantitative estimate of drug-likeness (QED) is 0.725. The minimum atomic E-state index is 0.0702. The van der Waals surface area contributed by atoms with Gasteiger partial charge in [-0.3, -0.25) is 4.90 Å². The highest BCUT2D eigenvalue weighted by Gasteiger charge is 2.41. The summed E-state index contributed by atoms with van der Waals surface area (Å²) in [6, 6.07) is 7.39. The third-order valence-corrected chi connectivity index (χ3v) is 7.02. The molecular formula is C25H36N4O. The molecule has 1 saturated heterocycles. The summed E-state index contributed by atoms with van der Waals surface area (Å²) in [7, 11) is 0. The first-order chi connectivity index (χ1) is 14.5. The van der Waals surface area contributed by atoms with Gasteiger partial charge in [-0.15, -0.1) is 0 Å². The van der Waals surface area contributed by atoms with E-state index in [1.165, 1.54) is 27.7 Å². The van der Waals surface area contributed by atoms with Crippen molar-refractivity contribution in [2.75, 3.05) is 26.2 Å². The van der Waals surface area contributed by atoms with Crippen molar-refractivity contribution in [3.05, 3.63) is 41.6 Å². The third-order valence-electron chi connectivity index (χ3n) is 7.02. The number of likely N-dealkylation sites (tertiary alicyclic amines) is 1. The summed E-state index contributed by atoms with van der Waals surface area (Å²) < 4.78 is 0. The second kappa shape index (κ2) is 8.46. The molecule has 1 aromatic heterocycles. The number of aromatic nitrogens is 1. The fraction of sp³-hybridized carbons (Fsp3) is 0.560. The number of hydrogen-bond acceptors (Lipinski definition) is 2. The zero-order chi connectivity index (χ0) is 21.4. The number of H-pyrrole nitrogens is 1. The van der Waals surface area contributed by atoms with E-state index in [0.29, 0.717) is 12.0 Å². The van der Waals surface area contributed by atoms with Crippen molar-refractivity contribution in [3.8, 4) is 0 Å². The Balaban J connectivity index is 1.70. The molecule has 0 saturated carbocycles. The Bertz CT molecular complexity index is 942. The molecule has 0 radical (unpaired) electrons. The predicted molar refractivity (Wildman–Crippen MR) is 125 cm³/mol. The van der Waals surface area contributed by atoms with E-state index < -0.39 is 0 Å². The number of benzene rings is 1. The number of fused-ring (bicyclic) bond motifs is 2.